The highest BCUT2D eigenvalue weighted by molar-refractivity contribution is 5.92. The molecule has 1 saturated carbocycles. The Kier molecular flexibility index (Phi) is 4.35. The van der Waals surface area contributed by atoms with Gasteiger partial charge < -0.3 is 0 Å². The molecule has 3 aromatic rings. The maximum atomic E-state index is 12.5. The van der Waals surface area contributed by atoms with Crippen LogP contribution in [0.2, 0.25) is 0 Å². The highest BCUT2D eigenvalue weighted by atomic mass is 16.1. The third-order valence-corrected chi connectivity index (χ3v) is 7.37. The van der Waals surface area contributed by atoms with Gasteiger partial charge in [0.15, 0.2) is 5.82 Å². The summed E-state index contributed by atoms with van der Waals surface area (Å²) in [5, 5.41) is 1.05. The number of rotatable bonds is 2. The van der Waals surface area contributed by atoms with E-state index in [1.165, 1.54) is 5.56 Å². The summed E-state index contributed by atoms with van der Waals surface area (Å²) in [5.41, 5.74) is 6.12. The first kappa shape index (κ1) is 19.1. The molecule has 152 valence electrons. The third kappa shape index (κ3) is 2.73. The predicted molar refractivity (Wildman–Crippen MR) is 120 cm³/mol. The molecule has 0 radical (unpaired) electrons. The van der Waals surface area contributed by atoms with Gasteiger partial charge in [-0.25, -0.2) is 9.97 Å². The molecule has 2 aliphatic rings. The fraction of sp³-hybridized carbons (Fsp3) is 0.385. The third-order valence-electron chi connectivity index (χ3n) is 7.37. The summed E-state index contributed by atoms with van der Waals surface area (Å²) in [6, 6.07) is 10.1. The summed E-state index contributed by atoms with van der Waals surface area (Å²) in [5.74, 6) is 1.55. The molecule has 4 heteroatoms. The molecule has 3 atom stereocenters. The van der Waals surface area contributed by atoms with Gasteiger partial charge in [-0.3, -0.25) is 9.78 Å². The Bertz CT molecular complexity index is 1190. The number of carbonyl (C=O) groups excluding carboxylic acids is 1. The van der Waals surface area contributed by atoms with E-state index in [0.29, 0.717) is 18.1 Å². The average molecular weight is 398 g/mol. The maximum absolute atomic E-state index is 12.5. The second-order valence-corrected chi connectivity index (χ2v) is 9.20. The van der Waals surface area contributed by atoms with Gasteiger partial charge >= 0.3 is 0 Å². The van der Waals surface area contributed by atoms with Crippen molar-refractivity contribution >= 4 is 22.3 Å². The fourth-order valence-corrected chi connectivity index (χ4v) is 5.69. The van der Waals surface area contributed by atoms with E-state index in [0.717, 1.165) is 58.5 Å². The van der Waals surface area contributed by atoms with Crippen molar-refractivity contribution in [1.29, 1.82) is 0 Å². The van der Waals surface area contributed by atoms with Gasteiger partial charge in [-0.1, -0.05) is 38.6 Å². The lowest BCUT2D eigenvalue weighted by molar-refractivity contribution is -0.128. The Morgan fingerprint density at radius 3 is 2.77 bits per heavy atom. The molecule has 0 spiro atoms. The van der Waals surface area contributed by atoms with Crippen LogP contribution in [0.5, 0.6) is 0 Å². The molecule has 5 rings (SSSR count). The van der Waals surface area contributed by atoms with E-state index in [-0.39, 0.29) is 11.3 Å². The van der Waals surface area contributed by atoms with Crippen molar-refractivity contribution in [3.8, 4) is 11.4 Å². The van der Waals surface area contributed by atoms with Crippen LogP contribution in [0.3, 0.4) is 0 Å². The Morgan fingerprint density at radius 2 is 1.97 bits per heavy atom. The van der Waals surface area contributed by atoms with E-state index in [1.54, 1.807) is 0 Å². The van der Waals surface area contributed by atoms with Crippen molar-refractivity contribution < 1.29 is 4.79 Å². The standard InChI is InChI=1S/C26H27N3O/c1-15(2)23-19-9-10-20-16(3)22(30)11-13-26(20,4)24(19)29-25(28-23)18-12-14-27-21-8-6-5-7-17(18)21/h5-8,12,14,16,20H,1,9-11,13H2,2-4H3/t16-,20-,26-/m1/s1. The van der Waals surface area contributed by atoms with Crippen LogP contribution < -0.4 is 0 Å². The highest BCUT2D eigenvalue weighted by Gasteiger charge is 2.49. The topological polar surface area (TPSA) is 55.7 Å². The van der Waals surface area contributed by atoms with Crippen LogP contribution >= 0.6 is 0 Å². The minimum atomic E-state index is -0.106. The number of ketones is 1. The lowest BCUT2D eigenvalue weighted by atomic mass is 9.56. The average Bonchev–Trinajstić information content (AvgIpc) is 2.75. The Hall–Kier alpha value is -2.88. The summed E-state index contributed by atoms with van der Waals surface area (Å²) in [6.07, 6.45) is 5.24. The van der Waals surface area contributed by atoms with E-state index in [4.69, 9.17) is 9.97 Å². The van der Waals surface area contributed by atoms with Gasteiger partial charge in [-0.2, -0.15) is 0 Å². The molecule has 0 bridgehead atoms. The van der Waals surface area contributed by atoms with Crippen LogP contribution in [0, 0.1) is 11.8 Å². The Morgan fingerprint density at radius 1 is 1.17 bits per heavy atom. The van der Waals surface area contributed by atoms with Crippen molar-refractivity contribution in [3.63, 3.8) is 0 Å². The summed E-state index contributed by atoms with van der Waals surface area (Å²) in [7, 11) is 0. The number of carbonyl (C=O) groups is 1. The molecule has 1 aromatic carbocycles. The van der Waals surface area contributed by atoms with Crippen molar-refractivity contribution in [1.82, 2.24) is 15.0 Å². The van der Waals surface area contributed by atoms with Gasteiger partial charge in [0.05, 0.1) is 16.9 Å². The lowest BCUT2D eigenvalue weighted by Gasteiger charge is -2.48. The number of Topliss-reactive ketones (excluding diaryl/α,β-unsaturated/α-hetero) is 1. The van der Waals surface area contributed by atoms with Crippen LogP contribution in [0.25, 0.3) is 27.9 Å². The zero-order valence-electron chi connectivity index (χ0n) is 17.9. The zero-order chi connectivity index (χ0) is 21.0. The molecule has 0 N–H and O–H groups in total. The number of nitrogens with zero attached hydrogens (tertiary/aromatic N) is 3. The molecule has 0 aliphatic heterocycles. The number of allylic oxidation sites excluding steroid dienone is 1. The summed E-state index contributed by atoms with van der Waals surface area (Å²) in [4.78, 5) is 27.2. The van der Waals surface area contributed by atoms with E-state index < -0.39 is 0 Å². The van der Waals surface area contributed by atoms with E-state index in [1.807, 2.05) is 37.4 Å². The molecule has 0 unspecified atom stereocenters. The number of fused-ring (bicyclic) bond motifs is 4. The van der Waals surface area contributed by atoms with E-state index in [2.05, 4.69) is 31.5 Å². The maximum Gasteiger partial charge on any atom is 0.160 e. The van der Waals surface area contributed by atoms with Gasteiger partial charge in [0.2, 0.25) is 0 Å². The van der Waals surface area contributed by atoms with Crippen LogP contribution in [0.15, 0.2) is 43.1 Å². The molecular formula is C26H27N3O. The number of hydrogen-bond donors (Lipinski definition) is 0. The molecule has 2 aliphatic carbocycles. The van der Waals surface area contributed by atoms with E-state index >= 15 is 0 Å². The van der Waals surface area contributed by atoms with Crippen molar-refractivity contribution in [2.45, 2.75) is 51.9 Å². The quantitative estimate of drug-likeness (QED) is 0.569. The number of para-hydroxylation sites is 1. The van der Waals surface area contributed by atoms with Gasteiger partial charge in [-0.15, -0.1) is 0 Å². The van der Waals surface area contributed by atoms with Gasteiger partial charge in [0, 0.05) is 40.5 Å². The van der Waals surface area contributed by atoms with Crippen LogP contribution in [-0.2, 0) is 16.6 Å². The van der Waals surface area contributed by atoms with Gasteiger partial charge in [0.1, 0.15) is 5.78 Å². The number of hydrogen-bond acceptors (Lipinski definition) is 4. The van der Waals surface area contributed by atoms with Crippen molar-refractivity contribution in [3.05, 3.63) is 60.1 Å². The second kappa shape index (κ2) is 6.83. The smallest absolute Gasteiger partial charge is 0.160 e. The number of benzene rings is 1. The SMILES string of the molecule is C=C(C)c1nc(-c2ccnc3ccccc23)nc2c1CC[C@@H]1[C@@H](C)C(=O)CC[C@@]21C. The summed E-state index contributed by atoms with van der Waals surface area (Å²) >= 11 is 0. The predicted octanol–water partition coefficient (Wildman–Crippen LogP) is 5.54. The molecule has 2 aromatic heterocycles. The lowest BCUT2D eigenvalue weighted by Crippen LogP contribution is -2.47. The first-order valence-electron chi connectivity index (χ1n) is 10.8. The Labute approximate surface area is 177 Å². The molecule has 4 nitrogen and oxygen atoms in total. The summed E-state index contributed by atoms with van der Waals surface area (Å²) < 4.78 is 0. The van der Waals surface area contributed by atoms with Crippen molar-refractivity contribution in [2.75, 3.05) is 0 Å². The van der Waals surface area contributed by atoms with Crippen LogP contribution in [0.4, 0.5) is 0 Å². The van der Waals surface area contributed by atoms with Gasteiger partial charge in [0.25, 0.3) is 0 Å². The fourth-order valence-electron chi connectivity index (χ4n) is 5.69. The minimum Gasteiger partial charge on any atom is -0.299 e. The number of aromatic nitrogens is 3. The number of pyridine rings is 1. The van der Waals surface area contributed by atoms with Crippen LogP contribution in [0.1, 0.15) is 57.0 Å². The minimum absolute atomic E-state index is 0.0883. The van der Waals surface area contributed by atoms with Crippen LogP contribution in [-0.4, -0.2) is 20.7 Å². The molecular weight excluding hydrogens is 370 g/mol. The Balaban J connectivity index is 1.77. The normalized spacial score (nSPS) is 25.6. The summed E-state index contributed by atoms with van der Waals surface area (Å²) in [6.45, 7) is 10.7. The highest BCUT2D eigenvalue weighted by Crippen LogP contribution is 2.51. The molecule has 30 heavy (non-hydrogen) atoms. The van der Waals surface area contributed by atoms with E-state index in [9.17, 15) is 4.79 Å². The first-order valence-corrected chi connectivity index (χ1v) is 10.8. The second-order valence-electron chi connectivity index (χ2n) is 9.20. The molecule has 0 amide bonds. The van der Waals surface area contributed by atoms with Gasteiger partial charge in [-0.05, 0) is 49.8 Å². The molecule has 0 saturated heterocycles. The largest absolute Gasteiger partial charge is 0.299 e. The molecule has 2 heterocycles. The monoisotopic (exact) mass is 397 g/mol. The first-order chi connectivity index (χ1) is 14.4. The molecule has 1 fully saturated rings. The van der Waals surface area contributed by atoms with Crippen molar-refractivity contribution in [2.24, 2.45) is 11.8 Å². The zero-order valence-corrected chi connectivity index (χ0v) is 17.9.